The lowest BCUT2D eigenvalue weighted by Crippen LogP contribution is -2.37. The van der Waals surface area contributed by atoms with E-state index in [9.17, 15) is 9.59 Å². The number of ether oxygens (including phenoxy) is 1. The molecule has 3 fully saturated rings. The number of nitrogens with one attached hydrogen (secondary N) is 1. The molecule has 2 aliphatic carbocycles. The SMILES string of the molecule is C=CC(=O)N1C[C@@H](n2nc(C#Cc3cc4ncn(C5CC5)c4cc3Cl)c(C(N)=O)c2NC2CC2)C[C@@H]1COC. The summed E-state index contributed by atoms with van der Waals surface area (Å²) in [5.74, 6) is 5.89. The quantitative estimate of drug-likeness (QED) is 0.330. The Morgan fingerprint density at radius 1 is 1.26 bits per heavy atom. The normalized spacial score (nSPS) is 20.6. The summed E-state index contributed by atoms with van der Waals surface area (Å²) < 4.78 is 9.29. The number of amides is 2. The van der Waals surface area contributed by atoms with E-state index in [2.05, 4.69) is 33.3 Å². The first-order valence-corrected chi connectivity index (χ1v) is 13.5. The molecule has 0 unspecified atom stereocenters. The number of methoxy groups -OCH3 is 1. The van der Waals surface area contributed by atoms with Gasteiger partial charge in [0.25, 0.3) is 5.91 Å². The number of halogens is 1. The van der Waals surface area contributed by atoms with Crippen LogP contribution in [0.15, 0.2) is 31.1 Å². The first-order valence-electron chi connectivity index (χ1n) is 13.2. The Balaban J connectivity index is 1.38. The number of carbonyl (C=O) groups is 2. The number of rotatable bonds is 8. The number of fused-ring (bicyclic) bond motifs is 1. The monoisotopic (exact) mass is 547 g/mol. The van der Waals surface area contributed by atoms with Gasteiger partial charge in [-0.3, -0.25) is 9.59 Å². The largest absolute Gasteiger partial charge is 0.383 e. The molecule has 3 aromatic rings. The van der Waals surface area contributed by atoms with E-state index in [-0.39, 0.29) is 35.3 Å². The Morgan fingerprint density at radius 2 is 2.05 bits per heavy atom. The molecule has 39 heavy (non-hydrogen) atoms. The second-order valence-electron chi connectivity index (χ2n) is 10.4. The topological polar surface area (TPSA) is 120 Å². The number of primary amides is 1. The maximum absolute atomic E-state index is 12.7. The summed E-state index contributed by atoms with van der Waals surface area (Å²) in [4.78, 5) is 31.5. The fourth-order valence-corrected chi connectivity index (χ4v) is 5.50. The first-order chi connectivity index (χ1) is 18.9. The Hall–Kier alpha value is -3.81. The van der Waals surface area contributed by atoms with Gasteiger partial charge < -0.3 is 25.3 Å². The smallest absolute Gasteiger partial charge is 0.255 e. The maximum atomic E-state index is 12.7. The van der Waals surface area contributed by atoms with Crippen molar-refractivity contribution in [2.75, 3.05) is 25.6 Å². The molecule has 2 amide bonds. The summed E-state index contributed by atoms with van der Waals surface area (Å²) >= 11 is 6.62. The molecule has 11 heteroatoms. The van der Waals surface area contributed by atoms with Gasteiger partial charge in [0.05, 0.1) is 41.1 Å². The van der Waals surface area contributed by atoms with Gasteiger partial charge in [-0.25, -0.2) is 9.67 Å². The molecule has 3 heterocycles. The van der Waals surface area contributed by atoms with Crippen molar-refractivity contribution >= 4 is 40.3 Å². The molecule has 1 saturated heterocycles. The number of likely N-dealkylation sites (tertiary alicyclic amines) is 1. The molecule has 1 aromatic carbocycles. The molecule has 0 radical (unpaired) electrons. The second kappa shape index (κ2) is 10.1. The molecular weight excluding hydrogens is 518 g/mol. The van der Waals surface area contributed by atoms with Crippen LogP contribution in [0.3, 0.4) is 0 Å². The van der Waals surface area contributed by atoms with Crippen molar-refractivity contribution in [1.29, 1.82) is 0 Å². The Kier molecular flexibility index (Phi) is 6.57. The van der Waals surface area contributed by atoms with E-state index in [4.69, 9.17) is 27.2 Å². The van der Waals surface area contributed by atoms with Crippen LogP contribution < -0.4 is 11.1 Å². The van der Waals surface area contributed by atoms with Crippen LogP contribution in [0.25, 0.3) is 11.0 Å². The third kappa shape index (κ3) is 4.88. The third-order valence-electron chi connectivity index (χ3n) is 7.55. The van der Waals surface area contributed by atoms with Crippen LogP contribution >= 0.6 is 11.6 Å². The van der Waals surface area contributed by atoms with Gasteiger partial charge in [0.1, 0.15) is 11.4 Å². The van der Waals surface area contributed by atoms with E-state index in [1.54, 1.807) is 16.7 Å². The number of hydrogen-bond donors (Lipinski definition) is 2. The second-order valence-corrected chi connectivity index (χ2v) is 10.9. The van der Waals surface area contributed by atoms with Crippen molar-refractivity contribution in [3.05, 3.63) is 53.0 Å². The average molecular weight is 548 g/mol. The van der Waals surface area contributed by atoms with E-state index in [0.717, 1.165) is 36.7 Å². The summed E-state index contributed by atoms with van der Waals surface area (Å²) in [6.07, 6.45) is 8.03. The number of benzene rings is 1. The number of aromatic nitrogens is 4. The zero-order valence-electron chi connectivity index (χ0n) is 21.7. The molecule has 202 valence electrons. The molecule has 2 aromatic heterocycles. The lowest BCUT2D eigenvalue weighted by atomic mass is 10.1. The minimum atomic E-state index is -0.621. The van der Waals surface area contributed by atoms with Crippen LogP contribution in [-0.4, -0.2) is 68.4 Å². The number of nitrogens with two attached hydrogens (primary N) is 1. The predicted octanol–water partition coefficient (Wildman–Crippen LogP) is 3.27. The van der Waals surface area contributed by atoms with Crippen molar-refractivity contribution in [2.24, 2.45) is 5.73 Å². The van der Waals surface area contributed by atoms with Gasteiger partial charge >= 0.3 is 0 Å². The molecular formula is C28H30ClN7O3. The number of hydrogen-bond acceptors (Lipinski definition) is 6. The third-order valence-corrected chi connectivity index (χ3v) is 7.86. The minimum Gasteiger partial charge on any atom is -0.383 e. The highest BCUT2D eigenvalue weighted by Gasteiger charge is 2.39. The molecule has 0 spiro atoms. The molecule has 1 aliphatic heterocycles. The van der Waals surface area contributed by atoms with Gasteiger partial charge in [0.15, 0.2) is 5.69 Å². The van der Waals surface area contributed by atoms with Gasteiger partial charge in [-0.05, 0) is 56.2 Å². The van der Waals surface area contributed by atoms with Gasteiger partial charge in [-0.15, -0.1) is 0 Å². The zero-order chi connectivity index (χ0) is 27.3. The highest BCUT2D eigenvalue weighted by atomic mass is 35.5. The molecule has 6 rings (SSSR count). The molecule has 2 saturated carbocycles. The maximum Gasteiger partial charge on any atom is 0.255 e. The van der Waals surface area contributed by atoms with Gasteiger partial charge in [0.2, 0.25) is 5.91 Å². The average Bonchev–Trinajstić information content (AvgIpc) is 3.81. The standard InChI is InChI=1S/C28H30ClN7O3/c1-3-25(37)34-13-19(11-20(34)14-39-2)36-28(32-17-5-6-17)26(27(30)38)22(33-36)9-4-16-10-23-24(12-21(16)29)35(15-31-23)18-7-8-18/h3,10,12,15,17-20,32H,1,5-8,11,13-14H2,2H3,(H2,30,38)/t19-,20+/m0/s1. The van der Waals surface area contributed by atoms with E-state index in [0.29, 0.717) is 42.0 Å². The summed E-state index contributed by atoms with van der Waals surface area (Å²) in [7, 11) is 1.61. The number of anilines is 1. The van der Waals surface area contributed by atoms with Crippen molar-refractivity contribution in [1.82, 2.24) is 24.2 Å². The van der Waals surface area contributed by atoms with Crippen LogP contribution in [0, 0.1) is 11.8 Å². The molecule has 3 aliphatic rings. The van der Waals surface area contributed by atoms with Crippen molar-refractivity contribution in [3.63, 3.8) is 0 Å². The van der Waals surface area contributed by atoms with Crippen molar-refractivity contribution < 1.29 is 14.3 Å². The van der Waals surface area contributed by atoms with Gasteiger partial charge in [0, 0.05) is 31.3 Å². The van der Waals surface area contributed by atoms with E-state index in [1.165, 1.54) is 6.08 Å². The highest BCUT2D eigenvalue weighted by molar-refractivity contribution is 6.32. The first kappa shape index (κ1) is 25.5. The van der Waals surface area contributed by atoms with E-state index >= 15 is 0 Å². The van der Waals surface area contributed by atoms with Crippen molar-refractivity contribution in [3.8, 4) is 11.8 Å². The van der Waals surface area contributed by atoms with Crippen LogP contribution in [0.1, 0.15) is 65.8 Å². The fourth-order valence-electron chi connectivity index (χ4n) is 5.30. The molecule has 3 N–H and O–H groups in total. The Labute approximate surface area is 231 Å². The van der Waals surface area contributed by atoms with Crippen LogP contribution in [0.2, 0.25) is 5.02 Å². The van der Waals surface area contributed by atoms with Gasteiger partial charge in [-0.2, -0.15) is 5.10 Å². The summed E-state index contributed by atoms with van der Waals surface area (Å²) in [5.41, 5.74) is 8.76. The molecule has 10 nitrogen and oxygen atoms in total. The lowest BCUT2D eigenvalue weighted by Gasteiger charge is -2.22. The molecule has 0 bridgehead atoms. The van der Waals surface area contributed by atoms with Crippen LogP contribution in [0.5, 0.6) is 0 Å². The number of imidazole rings is 1. The predicted molar refractivity (Wildman–Crippen MR) is 148 cm³/mol. The number of carbonyl (C=O) groups excluding carboxylic acids is 2. The number of nitrogens with zero attached hydrogens (tertiary/aromatic N) is 5. The van der Waals surface area contributed by atoms with Crippen molar-refractivity contribution in [2.45, 2.75) is 56.3 Å². The summed E-state index contributed by atoms with van der Waals surface area (Å²) in [6, 6.07) is 4.13. The van der Waals surface area contributed by atoms with Crippen LogP contribution in [-0.2, 0) is 9.53 Å². The fraction of sp³-hybridized carbons (Fsp3) is 0.429. The van der Waals surface area contributed by atoms with Crippen LogP contribution in [0.4, 0.5) is 5.82 Å². The lowest BCUT2D eigenvalue weighted by molar-refractivity contribution is -0.127. The van der Waals surface area contributed by atoms with E-state index in [1.807, 2.05) is 18.5 Å². The zero-order valence-corrected chi connectivity index (χ0v) is 22.4. The minimum absolute atomic E-state index is 0.143. The highest BCUT2D eigenvalue weighted by Crippen LogP contribution is 2.38. The summed E-state index contributed by atoms with van der Waals surface area (Å²) in [6.45, 7) is 4.42. The Bertz CT molecular complexity index is 1540. The molecule has 2 atom stereocenters. The Morgan fingerprint density at radius 3 is 2.72 bits per heavy atom. The van der Waals surface area contributed by atoms with E-state index < -0.39 is 5.91 Å². The van der Waals surface area contributed by atoms with Gasteiger partial charge in [-0.1, -0.05) is 24.1 Å². The summed E-state index contributed by atoms with van der Waals surface area (Å²) in [5, 5.41) is 8.70.